The highest BCUT2D eigenvalue weighted by Gasteiger charge is 2.33. The smallest absolute Gasteiger partial charge is 0.407 e. The number of amides is 1. The van der Waals surface area contributed by atoms with Crippen molar-refractivity contribution < 1.29 is 9.90 Å². The Morgan fingerprint density at radius 3 is 3.00 bits per heavy atom. The molecule has 0 aliphatic carbocycles. The number of fused-ring (bicyclic) bond motifs is 1. The first-order valence-corrected chi connectivity index (χ1v) is 6.05. The molecule has 1 N–H and O–H groups in total. The first-order valence-electron chi connectivity index (χ1n) is 5.17. The van der Waals surface area contributed by atoms with Crippen LogP contribution in [0.25, 0.3) is 0 Å². The van der Waals surface area contributed by atoms with E-state index in [1.165, 1.54) is 10.4 Å². The summed E-state index contributed by atoms with van der Waals surface area (Å²) >= 11 is 1.68. The van der Waals surface area contributed by atoms with Crippen molar-refractivity contribution in [2.45, 2.75) is 26.3 Å². The van der Waals surface area contributed by atoms with Gasteiger partial charge in [0.15, 0.2) is 0 Å². The molecule has 0 saturated carbocycles. The Morgan fingerprint density at radius 2 is 2.40 bits per heavy atom. The lowest BCUT2D eigenvalue weighted by molar-refractivity contribution is 0.106. The monoisotopic (exact) mass is 225 g/mol. The molecule has 2 rings (SSSR count). The summed E-state index contributed by atoms with van der Waals surface area (Å²) in [6, 6.07) is 2.17. The van der Waals surface area contributed by atoms with Gasteiger partial charge in [0.1, 0.15) is 0 Å². The second-order valence-corrected chi connectivity index (χ2v) is 5.17. The second kappa shape index (κ2) is 3.85. The molecule has 4 heteroatoms. The summed E-state index contributed by atoms with van der Waals surface area (Å²) in [7, 11) is 0. The fraction of sp³-hybridized carbons (Fsp3) is 0.545. The summed E-state index contributed by atoms with van der Waals surface area (Å²) in [6.07, 6.45) is 0.0571. The van der Waals surface area contributed by atoms with Crippen molar-refractivity contribution in [3.05, 3.63) is 21.9 Å². The molecule has 0 bridgehead atoms. The number of carbonyl (C=O) groups is 1. The Balaban J connectivity index is 2.38. The van der Waals surface area contributed by atoms with Crippen LogP contribution in [0.4, 0.5) is 4.79 Å². The van der Waals surface area contributed by atoms with Gasteiger partial charge in [-0.1, -0.05) is 13.8 Å². The molecule has 1 aliphatic heterocycles. The highest BCUT2D eigenvalue weighted by molar-refractivity contribution is 7.10. The lowest BCUT2D eigenvalue weighted by Crippen LogP contribution is -2.40. The number of rotatable bonds is 1. The maximum atomic E-state index is 11.1. The Hall–Kier alpha value is -1.03. The first kappa shape index (κ1) is 10.5. The van der Waals surface area contributed by atoms with Gasteiger partial charge in [-0.2, -0.15) is 0 Å². The van der Waals surface area contributed by atoms with Gasteiger partial charge in [-0.05, 0) is 29.3 Å². The second-order valence-electron chi connectivity index (χ2n) is 4.22. The van der Waals surface area contributed by atoms with E-state index in [0.717, 1.165) is 6.42 Å². The van der Waals surface area contributed by atoms with Crippen molar-refractivity contribution in [3.63, 3.8) is 0 Å². The zero-order valence-electron chi connectivity index (χ0n) is 8.93. The van der Waals surface area contributed by atoms with Crippen LogP contribution < -0.4 is 0 Å². The third-order valence-corrected chi connectivity index (χ3v) is 3.91. The van der Waals surface area contributed by atoms with E-state index in [-0.39, 0.29) is 6.04 Å². The van der Waals surface area contributed by atoms with Crippen LogP contribution in [0.1, 0.15) is 30.3 Å². The van der Waals surface area contributed by atoms with Crippen LogP contribution in [0.5, 0.6) is 0 Å². The molecule has 0 radical (unpaired) electrons. The van der Waals surface area contributed by atoms with Crippen molar-refractivity contribution in [3.8, 4) is 0 Å². The Bertz CT molecular complexity index is 372. The Labute approximate surface area is 93.3 Å². The molecule has 2 heterocycles. The lowest BCUT2D eigenvalue weighted by Gasteiger charge is -2.36. The number of hydrogen-bond donors (Lipinski definition) is 1. The molecule has 0 saturated heterocycles. The maximum Gasteiger partial charge on any atom is 0.407 e. The predicted molar refractivity (Wildman–Crippen MR) is 60.3 cm³/mol. The molecule has 0 spiro atoms. The SMILES string of the molecule is CC(C)C1c2sccc2CCN1C(=O)O. The van der Waals surface area contributed by atoms with Gasteiger partial charge < -0.3 is 5.11 Å². The van der Waals surface area contributed by atoms with Crippen molar-refractivity contribution in [2.24, 2.45) is 5.92 Å². The molecular weight excluding hydrogens is 210 g/mol. The number of thiophene rings is 1. The predicted octanol–water partition coefficient (Wildman–Crippen LogP) is 2.98. The number of carboxylic acid groups (broad SMARTS) is 1. The molecule has 0 fully saturated rings. The topological polar surface area (TPSA) is 40.5 Å². The summed E-state index contributed by atoms with van der Waals surface area (Å²) < 4.78 is 0. The molecule has 1 aromatic heterocycles. The summed E-state index contributed by atoms with van der Waals surface area (Å²) in [6.45, 7) is 4.78. The van der Waals surface area contributed by atoms with Crippen molar-refractivity contribution in [1.82, 2.24) is 4.90 Å². The summed E-state index contributed by atoms with van der Waals surface area (Å²) in [5.41, 5.74) is 1.33. The fourth-order valence-electron chi connectivity index (χ4n) is 2.21. The van der Waals surface area contributed by atoms with Gasteiger partial charge in [-0.25, -0.2) is 4.79 Å². The Morgan fingerprint density at radius 1 is 1.67 bits per heavy atom. The molecule has 0 aromatic carbocycles. The van der Waals surface area contributed by atoms with Crippen LogP contribution in [0.15, 0.2) is 11.4 Å². The molecule has 1 atom stereocenters. The lowest BCUT2D eigenvalue weighted by atomic mass is 9.93. The van der Waals surface area contributed by atoms with Gasteiger partial charge in [0.25, 0.3) is 0 Å². The van der Waals surface area contributed by atoms with E-state index < -0.39 is 6.09 Å². The van der Waals surface area contributed by atoms with Gasteiger partial charge in [-0.3, -0.25) is 4.90 Å². The van der Waals surface area contributed by atoms with Crippen LogP contribution in [-0.4, -0.2) is 22.6 Å². The largest absolute Gasteiger partial charge is 0.465 e. The minimum Gasteiger partial charge on any atom is -0.465 e. The third kappa shape index (κ3) is 1.74. The van der Waals surface area contributed by atoms with Crippen LogP contribution >= 0.6 is 11.3 Å². The van der Waals surface area contributed by atoms with Crippen LogP contribution in [0.2, 0.25) is 0 Å². The molecule has 1 unspecified atom stereocenters. The van der Waals surface area contributed by atoms with E-state index in [1.807, 2.05) is 0 Å². The van der Waals surface area contributed by atoms with E-state index >= 15 is 0 Å². The minimum absolute atomic E-state index is 0.0475. The number of hydrogen-bond acceptors (Lipinski definition) is 2. The molecule has 82 valence electrons. The zero-order valence-corrected chi connectivity index (χ0v) is 9.75. The number of nitrogens with zero attached hydrogens (tertiary/aromatic N) is 1. The quantitative estimate of drug-likeness (QED) is 0.798. The van der Waals surface area contributed by atoms with Gasteiger partial charge in [0.05, 0.1) is 6.04 Å². The van der Waals surface area contributed by atoms with Crippen LogP contribution in [-0.2, 0) is 6.42 Å². The van der Waals surface area contributed by atoms with Crippen molar-refractivity contribution in [2.75, 3.05) is 6.54 Å². The summed E-state index contributed by atoms with van der Waals surface area (Å²) in [5.74, 6) is 0.332. The third-order valence-electron chi connectivity index (χ3n) is 2.88. The fourth-order valence-corrected chi connectivity index (χ4v) is 3.45. The van der Waals surface area contributed by atoms with Gasteiger partial charge in [0.2, 0.25) is 0 Å². The summed E-state index contributed by atoms with van der Waals surface area (Å²) in [5, 5.41) is 11.2. The van der Waals surface area contributed by atoms with Gasteiger partial charge >= 0.3 is 6.09 Å². The normalized spacial score (nSPS) is 20.5. The average molecular weight is 225 g/mol. The molecule has 1 aliphatic rings. The average Bonchev–Trinajstić information content (AvgIpc) is 2.62. The van der Waals surface area contributed by atoms with E-state index in [1.54, 1.807) is 16.2 Å². The standard InChI is InChI=1S/C11H15NO2S/c1-7(2)9-10-8(4-6-15-10)3-5-12(9)11(13)14/h4,6-7,9H,3,5H2,1-2H3,(H,13,14). The minimum atomic E-state index is -0.798. The van der Waals surface area contributed by atoms with Crippen LogP contribution in [0, 0.1) is 5.92 Å². The molecular formula is C11H15NO2S. The maximum absolute atomic E-state index is 11.1. The first-order chi connectivity index (χ1) is 7.11. The van der Waals surface area contributed by atoms with Gasteiger partial charge in [-0.15, -0.1) is 11.3 Å². The molecule has 15 heavy (non-hydrogen) atoms. The van der Waals surface area contributed by atoms with Crippen LogP contribution in [0.3, 0.4) is 0 Å². The van der Waals surface area contributed by atoms with Crippen molar-refractivity contribution >= 4 is 17.4 Å². The van der Waals surface area contributed by atoms with E-state index in [2.05, 4.69) is 25.3 Å². The summed E-state index contributed by atoms with van der Waals surface area (Å²) in [4.78, 5) is 13.9. The molecule has 3 nitrogen and oxygen atoms in total. The molecule has 1 amide bonds. The zero-order chi connectivity index (χ0) is 11.0. The van der Waals surface area contributed by atoms with E-state index in [4.69, 9.17) is 5.11 Å². The highest BCUT2D eigenvalue weighted by atomic mass is 32.1. The van der Waals surface area contributed by atoms with E-state index in [9.17, 15) is 4.79 Å². The highest BCUT2D eigenvalue weighted by Crippen LogP contribution is 2.38. The van der Waals surface area contributed by atoms with E-state index in [0.29, 0.717) is 12.5 Å². The van der Waals surface area contributed by atoms with Gasteiger partial charge in [0, 0.05) is 11.4 Å². The van der Waals surface area contributed by atoms with Crippen molar-refractivity contribution in [1.29, 1.82) is 0 Å². The Kier molecular flexibility index (Phi) is 2.69. The molecule has 1 aromatic rings.